The molecule has 0 radical (unpaired) electrons. The van der Waals surface area contributed by atoms with Gasteiger partial charge in [0.05, 0.1) is 11.6 Å². The van der Waals surface area contributed by atoms with Gasteiger partial charge in [0.25, 0.3) is 0 Å². The molecule has 5 heteroatoms. The highest BCUT2D eigenvalue weighted by Crippen LogP contribution is 2.28. The Balaban J connectivity index is 2.66. The van der Waals surface area contributed by atoms with Crippen molar-refractivity contribution in [3.05, 3.63) is 28.8 Å². The molecule has 0 spiro atoms. The maximum Gasteiger partial charge on any atom is 0.344 e. The molecule has 0 saturated carbocycles. The molecule has 4 nitrogen and oxygen atoms in total. The van der Waals surface area contributed by atoms with E-state index in [1.807, 2.05) is 12.1 Å². The fourth-order valence-electron chi connectivity index (χ4n) is 1.59. The van der Waals surface area contributed by atoms with E-state index < -0.39 is 5.97 Å². The molecule has 106 valence electrons. The monoisotopic (exact) mass is 285 g/mol. The Morgan fingerprint density at radius 3 is 2.84 bits per heavy atom. The summed E-state index contributed by atoms with van der Waals surface area (Å²) in [7, 11) is 0. The van der Waals surface area contributed by atoms with Crippen LogP contribution in [-0.2, 0) is 16.1 Å². The quantitative estimate of drug-likeness (QED) is 0.589. The summed E-state index contributed by atoms with van der Waals surface area (Å²) < 4.78 is 10.3. The summed E-state index contributed by atoms with van der Waals surface area (Å²) in [6.07, 6.45) is 1.06. The minimum absolute atomic E-state index is 0.127. The summed E-state index contributed by atoms with van der Waals surface area (Å²) in [4.78, 5) is 11.3. The Kier molecular flexibility index (Phi) is 7.30. The van der Waals surface area contributed by atoms with Crippen LogP contribution in [0.4, 0.5) is 0 Å². The molecule has 0 bridgehead atoms. The highest BCUT2D eigenvalue weighted by atomic mass is 35.5. The van der Waals surface area contributed by atoms with Crippen LogP contribution in [0.1, 0.15) is 25.8 Å². The molecule has 0 saturated heterocycles. The Bertz CT molecular complexity index is 410. The van der Waals surface area contributed by atoms with Crippen molar-refractivity contribution >= 4 is 17.6 Å². The summed E-state index contributed by atoms with van der Waals surface area (Å²) in [6.45, 7) is 5.65. The molecule has 0 atom stereocenters. The van der Waals surface area contributed by atoms with Gasteiger partial charge < -0.3 is 14.8 Å². The van der Waals surface area contributed by atoms with Gasteiger partial charge in [0.2, 0.25) is 0 Å². The van der Waals surface area contributed by atoms with Crippen LogP contribution in [0.5, 0.6) is 5.75 Å². The molecular weight excluding hydrogens is 266 g/mol. The number of rotatable bonds is 8. The number of hydrogen-bond acceptors (Lipinski definition) is 4. The third-order valence-electron chi connectivity index (χ3n) is 2.43. The Morgan fingerprint density at radius 2 is 2.16 bits per heavy atom. The van der Waals surface area contributed by atoms with Crippen LogP contribution in [-0.4, -0.2) is 25.7 Å². The third-order valence-corrected chi connectivity index (χ3v) is 2.73. The lowest BCUT2D eigenvalue weighted by Gasteiger charge is -2.13. The second kappa shape index (κ2) is 8.77. The van der Waals surface area contributed by atoms with Crippen LogP contribution in [0.2, 0.25) is 5.02 Å². The fraction of sp³-hybridized carbons (Fsp3) is 0.500. The van der Waals surface area contributed by atoms with Crippen LogP contribution < -0.4 is 10.1 Å². The topological polar surface area (TPSA) is 47.6 Å². The number of nitrogens with one attached hydrogen (secondary N) is 1. The average molecular weight is 286 g/mol. The van der Waals surface area contributed by atoms with Crippen molar-refractivity contribution in [3.63, 3.8) is 0 Å². The second-order valence-electron chi connectivity index (χ2n) is 4.00. The van der Waals surface area contributed by atoms with Crippen molar-refractivity contribution in [3.8, 4) is 5.75 Å². The lowest BCUT2D eigenvalue weighted by atomic mass is 10.2. The van der Waals surface area contributed by atoms with Crippen molar-refractivity contribution in [1.82, 2.24) is 5.32 Å². The molecule has 0 aliphatic rings. The Labute approximate surface area is 119 Å². The average Bonchev–Trinajstić information content (AvgIpc) is 2.38. The minimum Gasteiger partial charge on any atom is -0.480 e. The van der Waals surface area contributed by atoms with E-state index in [1.165, 1.54) is 0 Å². The zero-order valence-corrected chi connectivity index (χ0v) is 12.1. The number of para-hydroxylation sites is 1. The highest BCUT2D eigenvalue weighted by molar-refractivity contribution is 6.32. The molecule has 0 aliphatic carbocycles. The summed E-state index contributed by atoms with van der Waals surface area (Å²) in [5.41, 5.74) is 0.935. The van der Waals surface area contributed by atoms with E-state index in [0.29, 0.717) is 23.9 Å². The highest BCUT2D eigenvalue weighted by Gasteiger charge is 2.11. The number of benzene rings is 1. The lowest BCUT2D eigenvalue weighted by Crippen LogP contribution is -2.18. The third kappa shape index (κ3) is 5.49. The van der Waals surface area contributed by atoms with Gasteiger partial charge in [0.15, 0.2) is 6.61 Å². The van der Waals surface area contributed by atoms with Gasteiger partial charge in [-0.25, -0.2) is 4.79 Å². The smallest absolute Gasteiger partial charge is 0.344 e. The largest absolute Gasteiger partial charge is 0.480 e. The van der Waals surface area contributed by atoms with Crippen molar-refractivity contribution in [1.29, 1.82) is 0 Å². The van der Waals surface area contributed by atoms with Gasteiger partial charge in [0, 0.05) is 12.1 Å². The predicted octanol–water partition coefficient (Wildman–Crippen LogP) is 2.78. The molecule has 1 aromatic carbocycles. The number of carbonyl (C=O) groups is 1. The molecule has 0 heterocycles. The maximum atomic E-state index is 11.3. The van der Waals surface area contributed by atoms with Crippen LogP contribution >= 0.6 is 11.6 Å². The Morgan fingerprint density at radius 1 is 1.37 bits per heavy atom. The number of halogens is 1. The van der Waals surface area contributed by atoms with Crippen molar-refractivity contribution in [2.24, 2.45) is 0 Å². The molecule has 19 heavy (non-hydrogen) atoms. The van der Waals surface area contributed by atoms with Crippen LogP contribution in [0.15, 0.2) is 18.2 Å². The predicted molar refractivity (Wildman–Crippen MR) is 75.6 cm³/mol. The Hall–Kier alpha value is -1.26. The lowest BCUT2D eigenvalue weighted by molar-refractivity contribution is -0.145. The first-order valence-corrected chi connectivity index (χ1v) is 6.83. The van der Waals surface area contributed by atoms with Crippen LogP contribution in [0, 0.1) is 0 Å². The van der Waals surface area contributed by atoms with E-state index in [4.69, 9.17) is 21.1 Å². The van der Waals surface area contributed by atoms with Gasteiger partial charge in [-0.15, -0.1) is 0 Å². The molecule has 0 fully saturated rings. The number of ether oxygens (including phenoxy) is 2. The first-order valence-electron chi connectivity index (χ1n) is 6.45. The van der Waals surface area contributed by atoms with E-state index >= 15 is 0 Å². The van der Waals surface area contributed by atoms with Crippen molar-refractivity contribution < 1.29 is 14.3 Å². The van der Waals surface area contributed by atoms with Gasteiger partial charge in [-0.2, -0.15) is 0 Å². The molecular formula is C14H20ClNO3. The first-order chi connectivity index (χ1) is 9.19. The van der Waals surface area contributed by atoms with Crippen molar-refractivity contribution in [2.75, 3.05) is 19.8 Å². The minimum atomic E-state index is -0.394. The zero-order valence-electron chi connectivity index (χ0n) is 11.4. The standard InChI is InChI=1S/C14H20ClNO3/c1-3-8-16-9-11-6-5-7-12(15)14(11)19-10-13(17)18-4-2/h5-7,16H,3-4,8-10H2,1-2H3. The molecule has 1 aromatic rings. The van der Waals surface area contributed by atoms with E-state index in [9.17, 15) is 4.79 Å². The van der Waals surface area contributed by atoms with Crippen LogP contribution in [0.25, 0.3) is 0 Å². The summed E-state index contributed by atoms with van der Waals surface area (Å²) in [6, 6.07) is 5.53. The van der Waals surface area contributed by atoms with Crippen molar-refractivity contribution in [2.45, 2.75) is 26.8 Å². The normalized spacial score (nSPS) is 10.3. The van der Waals surface area contributed by atoms with Gasteiger partial charge in [-0.05, 0) is 26.0 Å². The first kappa shape index (κ1) is 15.8. The second-order valence-corrected chi connectivity index (χ2v) is 4.41. The van der Waals surface area contributed by atoms with Gasteiger partial charge in [-0.1, -0.05) is 30.7 Å². The van der Waals surface area contributed by atoms with Gasteiger partial charge >= 0.3 is 5.97 Å². The van der Waals surface area contributed by atoms with E-state index in [-0.39, 0.29) is 6.61 Å². The van der Waals surface area contributed by atoms with E-state index in [2.05, 4.69) is 12.2 Å². The summed E-state index contributed by atoms with van der Waals surface area (Å²) >= 11 is 6.10. The SMILES string of the molecule is CCCNCc1cccc(Cl)c1OCC(=O)OCC. The number of hydrogen-bond donors (Lipinski definition) is 1. The molecule has 0 aliphatic heterocycles. The molecule has 0 unspecified atom stereocenters. The zero-order chi connectivity index (χ0) is 14.1. The fourth-order valence-corrected chi connectivity index (χ4v) is 1.84. The summed E-state index contributed by atoms with van der Waals surface area (Å²) in [5.74, 6) is 0.149. The maximum absolute atomic E-state index is 11.3. The molecule has 0 aromatic heterocycles. The van der Waals surface area contributed by atoms with Gasteiger partial charge in [0.1, 0.15) is 5.75 Å². The summed E-state index contributed by atoms with van der Waals surface area (Å²) in [5, 5.41) is 3.78. The van der Waals surface area contributed by atoms with E-state index in [0.717, 1.165) is 18.5 Å². The number of carbonyl (C=O) groups excluding carboxylic acids is 1. The van der Waals surface area contributed by atoms with E-state index in [1.54, 1.807) is 13.0 Å². The van der Waals surface area contributed by atoms with Gasteiger partial charge in [-0.3, -0.25) is 0 Å². The molecule has 0 amide bonds. The molecule has 1 rings (SSSR count). The van der Waals surface area contributed by atoms with Crippen LogP contribution in [0.3, 0.4) is 0 Å². The molecule has 1 N–H and O–H groups in total. The number of esters is 1.